The van der Waals surface area contributed by atoms with Gasteiger partial charge in [0.2, 0.25) is 0 Å². The topological polar surface area (TPSA) is 93.4 Å². The molecule has 0 saturated carbocycles. The molecule has 2 heterocycles. The Bertz CT molecular complexity index is 1030. The highest BCUT2D eigenvalue weighted by molar-refractivity contribution is 6.06. The quantitative estimate of drug-likeness (QED) is 0.597. The lowest BCUT2D eigenvalue weighted by Crippen LogP contribution is -2.41. The van der Waals surface area contributed by atoms with Gasteiger partial charge in [0.05, 0.1) is 23.2 Å². The van der Waals surface area contributed by atoms with Crippen LogP contribution in [0.3, 0.4) is 0 Å². The number of para-hydroxylation sites is 1. The van der Waals surface area contributed by atoms with Gasteiger partial charge in [-0.25, -0.2) is 9.97 Å². The molecule has 0 spiro atoms. The molecule has 0 unspecified atom stereocenters. The van der Waals surface area contributed by atoms with E-state index in [1.165, 1.54) is 12.7 Å². The number of hydrogen-bond acceptors (Lipinski definition) is 6. The molecule has 1 amide bonds. The van der Waals surface area contributed by atoms with Gasteiger partial charge in [-0.15, -0.1) is 0 Å². The number of rotatable bonds is 8. The maximum atomic E-state index is 11.8. The summed E-state index contributed by atoms with van der Waals surface area (Å²) in [7, 11) is 0. The Morgan fingerprint density at radius 1 is 1.17 bits per heavy atom. The minimum absolute atomic E-state index is 0.0359. The third-order valence-corrected chi connectivity index (χ3v) is 5.28. The Morgan fingerprint density at radius 2 is 1.93 bits per heavy atom. The number of carbonyl (C=O) groups excluding carboxylic acids is 1. The largest absolute Gasteiger partial charge is 0.491 e. The molecule has 0 bridgehead atoms. The van der Waals surface area contributed by atoms with E-state index < -0.39 is 5.91 Å². The lowest BCUT2D eigenvalue weighted by atomic mass is 10.0. The first kappa shape index (κ1) is 20.1. The molecule has 4 rings (SSSR count). The highest BCUT2D eigenvalue weighted by atomic mass is 16.5. The number of benzene rings is 2. The Labute approximate surface area is 176 Å². The van der Waals surface area contributed by atoms with E-state index in [4.69, 9.17) is 10.5 Å². The fraction of sp³-hybridized carbons (Fsp3) is 0.348. The normalized spacial score (nSPS) is 15.0. The van der Waals surface area contributed by atoms with Crippen LogP contribution in [-0.2, 0) is 0 Å². The van der Waals surface area contributed by atoms with E-state index in [-0.39, 0.29) is 12.1 Å². The molecule has 3 aromatic rings. The fourth-order valence-electron chi connectivity index (χ4n) is 3.67. The third kappa shape index (κ3) is 4.36. The molecule has 30 heavy (non-hydrogen) atoms. The van der Waals surface area contributed by atoms with Crippen LogP contribution in [0, 0.1) is 0 Å². The standard InChI is InChI=1S/C23H27N5O2/c1-15(2)30-17-9-7-16(8-10-17)20(13-28-11-4-12-28)27-23-19-6-3-5-18(22(24)29)21(19)25-14-26-23/h3,5-10,14-15,20H,4,11-13H2,1-2H3,(H2,24,29)(H,25,26,27)/t20-/m1/s1. The van der Waals surface area contributed by atoms with Gasteiger partial charge in [-0.05, 0) is 63.2 Å². The molecule has 2 aromatic carbocycles. The smallest absolute Gasteiger partial charge is 0.250 e. The Morgan fingerprint density at radius 3 is 2.57 bits per heavy atom. The van der Waals surface area contributed by atoms with Crippen molar-refractivity contribution in [3.8, 4) is 5.75 Å². The minimum atomic E-state index is -0.497. The lowest BCUT2D eigenvalue weighted by molar-refractivity contribution is 0.100. The van der Waals surface area contributed by atoms with Crippen molar-refractivity contribution in [2.45, 2.75) is 32.4 Å². The molecule has 1 saturated heterocycles. The monoisotopic (exact) mass is 405 g/mol. The van der Waals surface area contributed by atoms with Gasteiger partial charge in [0.15, 0.2) is 0 Å². The van der Waals surface area contributed by atoms with Gasteiger partial charge >= 0.3 is 0 Å². The van der Waals surface area contributed by atoms with Crippen LogP contribution >= 0.6 is 0 Å². The van der Waals surface area contributed by atoms with Crippen molar-refractivity contribution in [2.24, 2.45) is 5.73 Å². The first-order valence-electron chi connectivity index (χ1n) is 10.3. The number of hydrogen-bond donors (Lipinski definition) is 2. The van der Waals surface area contributed by atoms with Gasteiger partial charge in [-0.1, -0.05) is 18.2 Å². The number of fused-ring (bicyclic) bond motifs is 1. The summed E-state index contributed by atoms with van der Waals surface area (Å²) in [4.78, 5) is 23.0. The second-order valence-corrected chi connectivity index (χ2v) is 7.87. The number of ether oxygens (including phenoxy) is 1. The predicted octanol–water partition coefficient (Wildman–Crippen LogP) is 3.37. The lowest BCUT2D eigenvalue weighted by Gasteiger charge is -2.35. The Hall–Kier alpha value is -3.19. The number of nitrogens with zero attached hydrogens (tertiary/aromatic N) is 3. The molecule has 1 aliphatic heterocycles. The summed E-state index contributed by atoms with van der Waals surface area (Å²) >= 11 is 0. The van der Waals surface area contributed by atoms with E-state index >= 15 is 0 Å². The summed E-state index contributed by atoms with van der Waals surface area (Å²) in [6.07, 6.45) is 2.83. The summed E-state index contributed by atoms with van der Waals surface area (Å²) in [5, 5.41) is 4.36. The summed E-state index contributed by atoms with van der Waals surface area (Å²) in [5.74, 6) is 1.05. The average molecular weight is 406 g/mol. The number of nitrogens with two attached hydrogens (primary N) is 1. The van der Waals surface area contributed by atoms with Crippen LogP contribution in [0.25, 0.3) is 10.9 Å². The van der Waals surface area contributed by atoms with Gasteiger partial charge < -0.3 is 20.7 Å². The summed E-state index contributed by atoms with van der Waals surface area (Å²) in [5.41, 5.74) is 7.63. The molecule has 0 aliphatic carbocycles. The summed E-state index contributed by atoms with van der Waals surface area (Å²) in [6.45, 7) is 7.10. The number of likely N-dealkylation sites (tertiary alicyclic amines) is 1. The Kier molecular flexibility index (Phi) is 5.81. The van der Waals surface area contributed by atoms with E-state index in [1.807, 2.05) is 32.0 Å². The first-order valence-corrected chi connectivity index (χ1v) is 10.3. The van der Waals surface area contributed by atoms with E-state index in [0.29, 0.717) is 16.9 Å². The molecule has 3 N–H and O–H groups in total. The zero-order chi connectivity index (χ0) is 21.1. The highest BCUT2D eigenvalue weighted by Gasteiger charge is 2.22. The number of primary amides is 1. The zero-order valence-corrected chi connectivity index (χ0v) is 17.3. The van der Waals surface area contributed by atoms with E-state index in [9.17, 15) is 4.79 Å². The molecule has 1 atom stereocenters. The molecular formula is C23H27N5O2. The van der Waals surface area contributed by atoms with Crippen LogP contribution in [0.5, 0.6) is 5.75 Å². The van der Waals surface area contributed by atoms with Gasteiger partial charge in [0.1, 0.15) is 17.9 Å². The van der Waals surface area contributed by atoms with Gasteiger partial charge in [-0.2, -0.15) is 0 Å². The van der Waals surface area contributed by atoms with Gasteiger partial charge in [0.25, 0.3) is 5.91 Å². The summed E-state index contributed by atoms with van der Waals surface area (Å²) < 4.78 is 5.78. The van der Waals surface area contributed by atoms with Crippen molar-refractivity contribution < 1.29 is 9.53 Å². The van der Waals surface area contributed by atoms with E-state index in [0.717, 1.165) is 36.3 Å². The SMILES string of the molecule is CC(C)Oc1ccc([C@@H](CN2CCC2)Nc2ncnc3c(C(N)=O)cccc23)cc1. The Balaban J connectivity index is 1.65. The maximum absolute atomic E-state index is 11.8. The van der Waals surface area contributed by atoms with Crippen LogP contribution in [-0.4, -0.2) is 46.5 Å². The molecular weight excluding hydrogens is 378 g/mol. The molecule has 1 fully saturated rings. The van der Waals surface area contributed by atoms with Crippen LogP contribution in [0.1, 0.15) is 42.2 Å². The molecule has 1 aliphatic rings. The second-order valence-electron chi connectivity index (χ2n) is 7.87. The molecule has 0 radical (unpaired) electrons. The number of carbonyl (C=O) groups is 1. The zero-order valence-electron chi connectivity index (χ0n) is 17.3. The number of aromatic nitrogens is 2. The van der Waals surface area contributed by atoms with Crippen LogP contribution in [0.15, 0.2) is 48.8 Å². The second kappa shape index (κ2) is 8.67. The van der Waals surface area contributed by atoms with Crippen LogP contribution < -0.4 is 15.8 Å². The van der Waals surface area contributed by atoms with Crippen molar-refractivity contribution in [3.63, 3.8) is 0 Å². The van der Waals surface area contributed by atoms with Crippen molar-refractivity contribution in [3.05, 3.63) is 59.9 Å². The van der Waals surface area contributed by atoms with Gasteiger partial charge in [-0.3, -0.25) is 4.79 Å². The minimum Gasteiger partial charge on any atom is -0.491 e. The van der Waals surface area contributed by atoms with Crippen LogP contribution in [0.4, 0.5) is 5.82 Å². The average Bonchev–Trinajstić information content (AvgIpc) is 2.69. The number of amides is 1. The van der Waals surface area contributed by atoms with Gasteiger partial charge in [0, 0.05) is 11.9 Å². The highest BCUT2D eigenvalue weighted by Crippen LogP contribution is 2.28. The van der Waals surface area contributed by atoms with Crippen molar-refractivity contribution in [1.82, 2.24) is 14.9 Å². The maximum Gasteiger partial charge on any atom is 0.250 e. The molecule has 1 aromatic heterocycles. The fourth-order valence-corrected chi connectivity index (χ4v) is 3.67. The van der Waals surface area contributed by atoms with Crippen molar-refractivity contribution in [2.75, 3.05) is 25.0 Å². The summed E-state index contributed by atoms with van der Waals surface area (Å²) in [6, 6.07) is 13.6. The van der Waals surface area contributed by atoms with E-state index in [1.54, 1.807) is 12.1 Å². The predicted molar refractivity (Wildman–Crippen MR) is 118 cm³/mol. The van der Waals surface area contributed by atoms with Crippen LogP contribution in [0.2, 0.25) is 0 Å². The third-order valence-electron chi connectivity index (χ3n) is 5.28. The molecule has 156 valence electrons. The first-order chi connectivity index (χ1) is 14.5. The number of anilines is 1. The number of nitrogens with one attached hydrogen (secondary N) is 1. The van der Waals surface area contributed by atoms with Crippen molar-refractivity contribution in [1.29, 1.82) is 0 Å². The van der Waals surface area contributed by atoms with Crippen molar-refractivity contribution >= 4 is 22.6 Å². The van der Waals surface area contributed by atoms with E-state index in [2.05, 4.69) is 32.3 Å². The molecule has 7 heteroatoms. The molecule has 7 nitrogen and oxygen atoms in total.